The van der Waals surface area contributed by atoms with E-state index in [2.05, 4.69) is 24.9 Å². The SMILES string of the molecule is COc1cccc(OC)c1-n1c(CCCCO)nnc1NS(=O)(=O)C(C)C(C)c1cnc(C)cn1. The summed E-state index contributed by atoms with van der Waals surface area (Å²) in [7, 11) is -0.879. The largest absolute Gasteiger partial charge is 0.494 e. The Morgan fingerprint density at radius 3 is 2.31 bits per heavy atom. The lowest BCUT2D eigenvalue weighted by Gasteiger charge is -2.21. The fraction of sp³-hybridized carbons (Fsp3) is 0.478. The first-order valence-electron chi connectivity index (χ1n) is 11.3. The van der Waals surface area contributed by atoms with E-state index in [0.717, 1.165) is 5.69 Å². The Morgan fingerprint density at radius 2 is 1.74 bits per heavy atom. The van der Waals surface area contributed by atoms with E-state index in [0.29, 0.717) is 48.0 Å². The van der Waals surface area contributed by atoms with Crippen LogP contribution in [0, 0.1) is 6.92 Å². The van der Waals surface area contributed by atoms with Crippen LogP contribution in [0.3, 0.4) is 0 Å². The smallest absolute Gasteiger partial charge is 0.243 e. The number of anilines is 1. The molecular formula is C23H32N6O5S. The molecule has 0 aliphatic rings. The van der Waals surface area contributed by atoms with Gasteiger partial charge in [0.2, 0.25) is 16.0 Å². The van der Waals surface area contributed by atoms with E-state index in [1.54, 1.807) is 49.0 Å². The van der Waals surface area contributed by atoms with Gasteiger partial charge in [0.25, 0.3) is 0 Å². The summed E-state index contributed by atoms with van der Waals surface area (Å²) in [6.07, 6.45) is 4.87. The molecule has 2 heterocycles. The molecule has 0 saturated heterocycles. The molecule has 11 nitrogen and oxygen atoms in total. The molecule has 2 atom stereocenters. The first kappa shape index (κ1) is 26.4. The number of benzene rings is 1. The van der Waals surface area contributed by atoms with Crippen LogP contribution >= 0.6 is 0 Å². The lowest BCUT2D eigenvalue weighted by molar-refractivity contribution is 0.284. The lowest BCUT2D eigenvalue weighted by Crippen LogP contribution is -2.31. The molecule has 0 fully saturated rings. The number of ether oxygens (including phenoxy) is 2. The Morgan fingerprint density at radius 1 is 1.06 bits per heavy atom. The number of aliphatic hydroxyl groups is 1. The monoisotopic (exact) mass is 504 g/mol. The summed E-state index contributed by atoms with van der Waals surface area (Å²) in [5, 5.41) is 16.7. The fourth-order valence-corrected chi connectivity index (χ4v) is 4.84. The third-order valence-corrected chi connectivity index (χ3v) is 7.71. The van der Waals surface area contributed by atoms with E-state index in [4.69, 9.17) is 9.47 Å². The maximum Gasteiger partial charge on any atom is 0.243 e. The van der Waals surface area contributed by atoms with Gasteiger partial charge in [-0.25, -0.2) is 8.42 Å². The summed E-state index contributed by atoms with van der Waals surface area (Å²) in [4.78, 5) is 8.56. The maximum absolute atomic E-state index is 13.4. The summed E-state index contributed by atoms with van der Waals surface area (Å²) in [5.41, 5.74) is 1.80. The highest BCUT2D eigenvalue weighted by Crippen LogP contribution is 2.36. The molecule has 1 aromatic carbocycles. The molecule has 2 N–H and O–H groups in total. The van der Waals surface area contributed by atoms with Crippen LogP contribution in [0.2, 0.25) is 0 Å². The van der Waals surface area contributed by atoms with Gasteiger partial charge in [-0.05, 0) is 38.8 Å². The van der Waals surface area contributed by atoms with Gasteiger partial charge in [-0.15, -0.1) is 10.2 Å². The minimum atomic E-state index is -3.92. The molecule has 0 spiro atoms. The second-order valence-electron chi connectivity index (χ2n) is 8.19. The predicted molar refractivity (Wildman–Crippen MR) is 132 cm³/mol. The summed E-state index contributed by atoms with van der Waals surface area (Å²) >= 11 is 0. The molecule has 35 heavy (non-hydrogen) atoms. The zero-order chi connectivity index (χ0) is 25.6. The van der Waals surface area contributed by atoms with Crippen LogP contribution in [0.25, 0.3) is 5.69 Å². The Bertz CT molecular complexity index is 1210. The molecule has 12 heteroatoms. The van der Waals surface area contributed by atoms with Crippen molar-refractivity contribution in [1.29, 1.82) is 0 Å². The fourth-order valence-electron chi connectivity index (χ4n) is 3.59. The maximum atomic E-state index is 13.4. The first-order chi connectivity index (χ1) is 16.7. The number of hydrogen-bond acceptors (Lipinski definition) is 9. The van der Waals surface area contributed by atoms with Gasteiger partial charge in [0.15, 0.2) is 0 Å². The van der Waals surface area contributed by atoms with Crippen LogP contribution < -0.4 is 14.2 Å². The Labute approximate surface area is 205 Å². The molecule has 0 aliphatic carbocycles. The number of aliphatic hydroxyl groups excluding tert-OH is 1. The second-order valence-corrected chi connectivity index (χ2v) is 10.2. The minimum Gasteiger partial charge on any atom is -0.494 e. The van der Waals surface area contributed by atoms with Crippen LogP contribution in [0.15, 0.2) is 30.6 Å². The molecule has 0 amide bonds. The van der Waals surface area contributed by atoms with Crippen molar-refractivity contribution in [3.63, 3.8) is 0 Å². The van der Waals surface area contributed by atoms with Gasteiger partial charge < -0.3 is 14.6 Å². The summed E-state index contributed by atoms with van der Waals surface area (Å²) in [5.74, 6) is 1.01. The van der Waals surface area contributed by atoms with Gasteiger partial charge in [0.05, 0.1) is 30.9 Å². The molecule has 2 unspecified atom stereocenters. The molecule has 190 valence electrons. The van der Waals surface area contributed by atoms with Crippen molar-refractivity contribution in [2.24, 2.45) is 0 Å². The van der Waals surface area contributed by atoms with E-state index in [1.165, 1.54) is 14.2 Å². The van der Waals surface area contributed by atoms with Crippen molar-refractivity contribution >= 4 is 16.0 Å². The molecule has 0 bridgehead atoms. The number of sulfonamides is 1. The third-order valence-electron chi connectivity index (χ3n) is 5.86. The van der Waals surface area contributed by atoms with Crippen molar-refractivity contribution in [3.8, 4) is 17.2 Å². The van der Waals surface area contributed by atoms with E-state index in [1.807, 2.05) is 6.92 Å². The van der Waals surface area contributed by atoms with Crippen LogP contribution in [-0.4, -0.2) is 64.3 Å². The average molecular weight is 505 g/mol. The average Bonchev–Trinajstić information content (AvgIpc) is 3.24. The van der Waals surface area contributed by atoms with Crippen molar-refractivity contribution < 1.29 is 23.0 Å². The van der Waals surface area contributed by atoms with Crippen molar-refractivity contribution in [2.45, 2.75) is 51.2 Å². The van der Waals surface area contributed by atoms with Crippen LogP contribution in [-0.2, 0) is 16.4 Å². The van der Waals surface area contributed by atoms with E-state index in [-0.39, 0.29) is 12.6 Å². The Hall–Kier alpha value is -3.25. The standard InChI is InChI=1S/C23H32N6O5S/c1-15-13-25-18(14-24-15)16(2)17(3)35(31,32)28-23-27-26-21(11-6-7-12-30)29(23)22-19(33-4)9-8-10-20(22)34-5/h8-10,13-14,16-17,30H,6-7,11-12H2,1-5H3,(H,27,28). The molecular weight excluding hydrogens is 472 g/mol. The number of nitrogens with zero attached hydrogens (tertiary/aromatic N) is 5. The van der Waals surface area contributed by atoms with Crippen molar-refractivity contribution in [1.82, 2.24) is 24.7 Å². The third kappa shape index (κ3) is 5.88. The van der Waals surface area contributed by atoms with Gasteiger partial charge in [0, 0.05) is 31.3 Å². The lowest BCUT2D eigenvalue weighted by atomic mass is 10.1. The Kier molecular flexibility index (Phi) is 8.62. The highest BCUT2D eigenvalue weighted by molar-refractivity contribution is 7.93. The first-order valence-corrected chi connectivity index (χ1v) is 12.8. The van der Waals surface area contributed by atoms with E-state index >= 15 is 0 Å². The zero-order valence-electron chi connectivity index (χ0n) is 20.6. The number of unbranched alkanes of at least 4 members (excludes halogenated alkanes) is 1. The molecule has 3 rings (SSSR count). The Balaban J connectivity index is 2.03. The summed E-state index contributed by atoms with van der Waals surface area (Å²) in [6, 6.07) is 5.26. The van der Waals surface area contributed by atoms with Gasteiger partial charge in [0.1, 0.15) is 23.0 Å². The summed E-state index contributed by atoms with van der Waals surface area (Å²) < 4.78 is 42.1. The van der Waals surface area contributed by atoms with Crippen molar-refractivity contribution in [3.05, 3.63) is 47.8 Å². The molecule has 2 aromatic heterocycles. The second kappa shape index (κ2) is 11.5. The topological polar surface area (TPSA) is 141 Å². The van der Waals surface area contributed by atoms with Gasteiger partial charge in [-0.1, -0.05) is 13.0 Å². The number of methoxy groups -OCH3 is 2. The number of aryl methyl sites for hydroxylation is 2. The predicted octanol–water partition coefficient (Wildman–Crippen LogP) is 2.63. The zero-order valence-corrected chi connectivity index (χ0v) is 21.4. The number of hydrogen-bond donors (Lipinski definition) is 2. The normalized spacial score (nSPS) is 13.3. The summed E-state index contributed by atoms with van der Waals surface area (Å²) in [6.45, 7) is 5.27. The highest BCUT2D eigenvalue weighted by Gasteiger charge is 2.31. The molecule has 0 saturated carbocycles. The van der Waals surface area contributed by atoms with Gasteiger partial charge >= 0.3 is 0 Å². The van der Waals surface area contributed by atoms with Crippen LogP contribution in [0.4, 0.5) is 5.95 Å². The minimum absolute atomic E-state index is 0.0147. The molecule has 0 aliphatic heterocycles. The van der Waals surface area contributed by atoms with Crippen LogP contribution in [0.5, 0.6) is 11.5 Å². The number of nitrogens with one attached hydrogen (secondary N) is 1. The highest BCUT2D eigenvalue weighted by atomic mass is 32.2. The quantitative estimate of drug-likeness (QED) is 0.356. The van der Waals surface area contributed by atoms with E-state index in [9.17, 15) is 13.5 Å². The number of rotatable bonds is 12. The molecule has 3 aromatic rings. The van der Waals surface area contributed by atoms with Gasteiger partial charge in [-0.3, -0.25) is 19.3 Å². The number of aromatic nitrogens is 5. The number of para-hydroxylation sites is 1. The molecule has 0 radical (unpaired) electrons. The van der Waals surface area contributed by atoms with E-state index < -0.39 is 21.2 Å². The van der Waals surface area contributed by atoms with Gasteiger partial charge in [-0.2, -0.15) is 0 Å². The van der Waals surface area contributed by atoms with Crippen molar-refractivity contribution in [2.75, 3.05) is 25.5 Å². The van der Waals surface area contributed by atoms with Crippen LogP contribution in [0.1, 0.15) is 49.8 Å².